The van der Waals surface area contributed by atoms with Crippen LogP contribution < -0.4 is 5.56 Å². The lowest BCUT2D eigenvalue weighted by Crippen LogP contribution is -2.39. The molecule has 4 heterocycles. The van der Waals surface area contributed by atoms with Crippen LogP contribution in [0.2, 0.25) is 0 Å². The van der Waals surface area contributed by atoms with Crippen molar-refractivity contribution in [2.24, 2.45) is 0 Å². The summed E-state index contributed by atoms with van der Waals surface area (Å²) in [6.45, 7) is 5.22. The molecule has 3 aliphatic heterocycles. The van der Waals surface area contributed by atoms with Crippen molar-refractivity contribution >= 4 is 5.91 Å². The number of carbonyl (C=O) groups excluding carboxylic acids is 1. The molecule has 0 unspecified atom stereocenters. The molecule has 7 heteroatoms. The highest BCUT2D eigenvalue weighted by molar-refractivity contribution is 5.81. The van der Waals surface area contributed by atoms with E-state index in [1.807, 2.05) is 4.90 Å². The third-order valence-electron chi connectivity index (χ3n) is 5.38. The molecule has 0 bridgehead atoms. The van der Waals surface area contributed by atoms with Gasteiger partial charge in [0.2, 0.25) is 0 Å². The Balaban J connectivity index is 1.55. The van der Waals surface area contributed by atoms with Crippen molar-refractivity contribution in [3.8, 4) is 0 Å². The quantitative estimate of drug-likeness (QED) is 0.808. The number of fused-ring (bicyclic) bond motifs is 1. The lowest BCUT2D eigenvalue weighted by molar-refractivity contribution is -0.141. The highest BCUT2D eigenvalue weighted by Crippen LogP contribution is 2.18. The molecule has 1 amide bonds. The van der Waals surface area contributed by atoms with Gasteiger partial charge in [0.25, 0.3) is 11.5 Å². The Kier molecular flexibility index (Phi) is 4.85. The summed E-state index contributed by atoms with van der Waals surface area (Å²) in [5.41, 5.74) is 0.829. The van der Waals surface area contributed by atoms with Gasteiger partial charge in [-0.2, -0.15) is 0 Å². The largest absolute Gasteiger partial charge is 0.368 e. The Hall–Kier alpha value is -1.73. The predicted molar refractivity (Wildman–Crippen MR) is 92.0 cm³/mol. The summed E-state index contributed by atoms with van der Waals surface area (Å²) in [4.78, 5) is 34.1. The fourth-order valence-corrected chi connectivity index (χ4v) is 4.05. The van der Waals surface area contributed by atoms with Crippen LogP contribution in [0.3, 0.4) is 0 Å². The van der Waals surface area contributed by atoms with E-state index >= 15 is 0 Å². The molecule has 0 saturated carbocycles. The summed E-state index contributed by atoms with van der Waals surface area (Å²) >= 11 is 0. The highest BCUT2D eigenvalue weighted by atomic mass is 16.5. The van der Waals surface area contributed by atoms with E-state index < -0.39 is 0 Å². The molecule has 2 fully saturated rings. The van der Waals surface area contributed by atoms with Crippen molar-refractivity contribution in [3.05, 3.63) is 27.9 Å². The number of rotatable bonds is 3. The molecule has 1 aromatic heterocycles. The molecule has 2 saturated heterocycles. The molecule has 4 rings (SSSR count). The molecule has 25 heavy (non-hydrogen) atoms. The number of hydrogen-bond acceptors (Lipinski definition) is 5. The Bertz CT molecular complexity index is 690. The first-order chi connectivity index (χ1) is 12.2. The Labute approximate surface area is 147 Å². The maximum absolute atomic E-state index is 12.7. The van der Waals surface area contributed by atoms with Gasteiger partial charge in [-0.1, -0.05) is 0 Å². The van der Waals surface area contributed by atoms with Crippen LogP contribution >= 0.6 is 0 Å². The molecule has 0 radical (unpaired) electrons. The van der Waals surface area contributed by atoms with Gasteiger partial charge in [-0.25, -0.2) is 4.98 Å². The van der Waals surface area contributed by atoms with Gasteiger partial charge in [-0.3, -0.25) is 19.1 Å². The van der Waals surface area contributed by atoms with E-state index in [0.717, 1.165) is 44.6 Å². The third-order valence-corrected chi connectivity index (χ3v) is 5.38. The van der Waals surface area contributed by atoms with E-state index in [1.54, 1.807) is 10.6 Å². The second-order valence-electron chi connectivity index (χ2n) is 7.25. The van der Waals surface area contributed by atoms with Crippen molar-refractivity contribution < 1.29 is 9.53 Å². The number of nitrogens with zero attached hydrogens (tertiary/aromatic N) is 4. The molecular weight excluding hydrogens is 320 g/mol. The average Bonchev–Trinajstić information content (AvgIpc) is 3.25. The van der Waals surface area contributed by atoms with Crippen LogP contribution in [0, 0.1) is 0 Å². The number of aromatic nitrogens is 2. The molecule has 0 spiro atoms. The van der Waals surface area contributed by atoms with Crippen molar-refractivity contribution in [3.63, 3.8) is 0 Å². The first kappa shape index (κ1) is 16.7. The van der Waals surface area contributed by atoms with Gasteiger partial charge in [-0.15, -0.1) is 0 Å². The maximum atomic E-state index is 12.7. The van der Waals surface area contributed by atoms with E-state index in [9.17, 15) is 9.59 Å². The predicted octanol–water partition coefficient (Wildman–Crippen LogP) is 0.750. The van der Waals surface area contributed by atoms with Gasteiger partial charge < -0.3 is 9.64 Å². The van der Waals surface area contributed by atoms with Crippen molar-refractivity contribution in [2.75, 3.05) is 26.2 Å². The van der Waals surface area contributed by atoms with Crippen LogP contribution in [0.1, 0.15) is 43.6 Å². The topological polar surface area (TPSA) is 67.7 Å². The summed E-state index contributed by atoms with van der Waals surface area (Å²) in [5.74, 6) is 0.760. The average molecular weight is 346 g/mol. The minimum atomic E-state index is -0.314. The van der Waals surface area contributed by atoms with E-state index in [1.165, 1.54) is 12.8 Å². The number of hydrogen-bond donors (Lipinski definition) is 0. The van der Waals surface area contributed by atoms with Crippen LogP contribution in [0.4, 0.5) is 0 Å². The fourth-order valence-electron chi connectivity index (χ4n) is 4.05. The zero-order chi connectivity index (χ0) is 17.2. The summed E-state index contributed by atoms with van der Waals surface area (Å²) in [6.07, 6.45) is 4.63. The molecule has 136 valence electrons. The smallest absolute Gasteiger partial charge is 0.253 e. The van der Waals surface area contributed by atoms with E-state index in [-0.39, 0.29) is 17.6 Å². The number of carbonyl (C=O) groups is 1. The van der Waals surface area contributed by atoms with Crippen molar-refractivity contribution in [1.82, 2.24) is 19.4 Å². The number of likely N-dealkylation sites (tertiary alicyclic amines) is 1. The Morgan fingerprint density at radius 2 is 2.00 bits per heavy atom. The molecule has 0 aliphatic carbocycles. The standard InChI is InChI=1S/C18H26N4O3/c23-17-11-14(12-20-6-1-2-7-20)19-16-13-21(8-4-9-22(16)17)18(24)15-5-3-10-25-15/h11,15H,1-10,12-13H2/t15-/m0/s1. The lowest BCUT2D eigenvalue weighted by atomic mass is 10.2. The first-order valence-corrected chi connectivity index (χ1v) is 9.43. The molecular formula is C18H26N4O3. The highest BCUT2D eigenvalue weighted by Gasteiger charge is 2.30. The molecule has 1 aromatic rings. The minimum absolute atomic E-state index is 0.00520. The summed E-state index contributed by atoms with van der Waals surface area (Å²) in [6, 6.07) is 1.67. The van der Waals surface area contributed by atoms with Crippen molar-refractivity contribution in [2.45, 2.75) is 57.8 Å². The summed E-state index contributed by atoms with van der Waals surface area (Å²) in [5, 5.41) is 0. The molecule has 1 atom stereocenters. The van der Waals surface area contributed by atoms with Crippen LogP contribution in [0.5, 0.6) is 0 Å². The molecule has 0 aromatic carbocycles. The molecule has 7 nitrogen and oxygen atoms in total. The van der Waals surface area contributed by atoms with Crippen LogP contribution in [-0.2, 0) is 29.2 Å². The monoisotopic (exact) mass is 346 g/mol. The van der Waals surface area contributed by atoms with E-state index in [2.05, 4.69) is 4.90 Å². The Morgan fingerprint density at radius 1 is 1.16 bits per heavy atom. The van der Waals surface area contributed by atoms with E-state index in [4.69, 9.17) is 9.72 Å². The second-order valence-corrected chi connectivity index (χ2v) is 7.25. The van der Waals surface area contributed by atoms with Gasteiger partial charge in [0.05, 0.1) is 12.2 Å². The summed E-state index contributed by atoms with van der Waals surface area (Å²) < 4.78 is 7.28. The van der Waals surface area contributed by atoms with Gasteiger partial charge in [0, 0.05) is 32.3 Å². The second kappa shape index (κ2) is 7.25. The molecule has 0 N–H and O–H groups in total. The number of ether oxygens (including phenoxy) is 1. The van der Waals surface area contributed by atoms with E-state index in [0.29, 0.717) is 32.1 Å². The number of amides is 1. The van der Waals surface area contributed by atoms with Gasteiger partial charge in [0.1, 0.15) is 11.9 Å². The van der Waals surface area contributed by atoms with Crippen LogP contribution in [0.25, 0.3) is 0 Å². The zero-order valence-corrected chi connectivity index (χ0v) is 14.7. The molecule has 3 aliphatic rings. The van der Waals surface area contributed by atoms with Crippen LogP contribution in [0.15, 0.2) is 10.9 Å². The SMILES string of the molecule is O=C([C@@H]1CCCO1)N1CCCn2c(nc(CN3CCCC3)cc2=O)C1. The minimum Gasteiger partial charge on any atom is -0.368 e. The fraction of sp³-hybridized carbons (Fsp3) is 0.722. The van der Waals surface area contributed by atoms with Crippen LogP contribution in [-0.4, -0.2) is 57.6 Å². The van der Waals surface area contributed by atoms with Gasteiger partial charge >= 0.3 is 0 Å². The van der Waals surface area contributed by atoms with Crippen molar-refractivity contribution in [1.29, 1.82) is 0 Å². The lowest BCUT2D eigenvalue weighted by Gasteiger charge is -2.23. The zero-order valence-electron chi connectivity index (χ0n) is 14.7. The van der Waals surface area contributed by atoms with Gasteiger partial charge in [0.15, 0.2) is 0 Å². The van der Waals surface area contributed by atoms with Gasteiger partial charge in [-0.05, 0) is 45.2 Å². The Morgan fingerprint density at radius 3 is 2.76 bits per heavy atom. The maximum Gasteiger partial charge on any atom is 0.253 e. The normalized spacial score (nSPS) is 24.3. The third kappa shape index (κ3) is 3.62. The summed E-state index contributed by atoms with van der Waals surface area (Å²) in [7, 11) is 0. The first-order valence-electron chi connectivity index (χ1n) is 9.43.